The summed E-state index contributed by atoms with van der Waals surface area (Å²) >= 11 is 1.73. The van der Waals surface area contributed by atoms with Gasteiger partial charge in [-0.05, 0) is 20.8 Å². The van der Waals surface area contributed by atoms with Gasteiger partial charge in [-0.2, -0.15) is 0 Å². The van der Waals surface area contributed by atoms with Crippen LogP contribution in [0.2, 0.25) is 0 Å². The Bertz CT molecular complexity index is 275. The van der Waals surface area contributed by atoms with E-state index < -0.39 is 0 Å². The molecule has 14 heavy (non-hydrogen) atoms. The van der Waals surface area contributed by atoms with Gasteiger partial charge >= 0.3 is 0 Å². The SMILES string of the molecule is Cc1csc(CCNCC(C)(C)N)n1. The maximum absolute atomic E-state index is 5.84. The minimum Gasteiger partial charge on any atom is -0.324 e. The fourth-order valence-corrected chi connectivity index (χ4v) is 1.90. The highest BCUT2D eigenvalue weighted by Crippen LogP contribution is 2.08. The first-order valence-electron chi connectivity index (χ1n) is 4.88. The number of aromatic nitrogens is 1. The fourth-order valence-electron chi connectivity index (χ4n) is 1.12. The van der Waals surface area contributed by atoms with Gasteiger partial charge in [0, 0.05) is 36.1 Å². The Morgan fingerprint density at radius 3 is 2.79 bits per heavy atom. The Hall–Kier alpha value is -0.450. The topological polar surface area (TPSA) is 50.9 Å². The molecule has 0 unspecified atom stereocenters. The first-order chi connectivity index (χ1) is 6.47. The van der Waals surface area contributed by atoms with E-state index >= 15 is 0 Å². The Morgan fingerprint density at radius 2 is 2.29 bits per heavy atom. The molecule has 1 rings (SSSR count). The van der Waals surface area contributed by atoms with Crippen LogP contribution in [0.1, 0.15) is 24.5 Å². The van der Waals surface area contributed by atoms with Gasteiger partial charge in [0.15, 0.2) is 0 Å². The van der Waals surface area contributed by atoms with Gasteiger partial charge < -0.3 is 11.1 Å². The molecule has 4 heteroatoms. The Morgan fingerprint density at radius 1 is 1.57 bits per heavy atom. The second kappa shape index (κ2) is 4.87. The van der Waals surface area contributed by atoms with E-state index in [1.54, 1.807) is 11.3 Å². The molecule has 0 aromatic carbocycles. The van der Waals surface area contributed by atoms with Crippen molar-refractivity contribution in [2.45, 2.75) is 32.7 Å². The van der Waals surface area contributed by atoms with E-state index in [9.17, 15) is 0 Å². The Labute approximate surface area is 89.7 Å². The molecule has 0 bridgehead atoms. The zero-order chi connectivity index (χ0) is 10.6. The van der Waals surface area contributed by atoms with Gasteiger partial charge in [-0.3, -0.25) is 0 Å². The molecule has 0 aliphatic rings. The predicted octanol–water partition coefficient (Wildman–Crippen LogP) is 1.32. The largest absolute Gasteiger partial charge is 0.324 e. The summed E-state index contributed by atoms with van der Waals surface area (Å²) in [6.07, 6.45) is 0.995. The van der Waals surface area contributed by atoms with Crippen molar-refractivity contribution < 1.29 is 0 Å². The second-order valence-corrected chi connectivity index (χ2v) is 5.24. The van der Waals surface area contributed by atoms with Crippen LogP contribution in [0, 0.1) is 6.92 Å². The van der Waals surface area contributed by atoms with Crippen molar-refractivity contribution in [1.29, 1.82) is 0 Å². The third kappa shape index (κ3) is 4.69. The van der Waals surface area contributed by atoms with Crippen molar-refractivity contribution in [3.05, 3.63) is 16.1 Å². The third-order valence-electron chi connectivity index (χ3n) is 1.76. The van der Waals surface area contributed by atoms with Crippen LogP contribution in [0.25, 0.3) is 0 Å². The fraction of sp³-hybridized carbons (Fsp3) is 0.700. The number of hydrogen-bond acceptors (Lipinski definition) is 4. The molecule has 0 radical (unpaired) electrons. The van der Waals surface area contributed by atoms with E-state index in [0.717, 1.165) is 25.2 Å². The van der Waals surface area contributed by atoms with Gasteiger partial charge in [0.1, 0.15) is 0 Å². The van der Waals surface area contributed by atoms with Crippen LogP contribution < -0.4 is 11.1 Å². The molecule has 0 atom stereocenters. The summed E-state index contributed by atoms with van der Waals surface area (Å²) in [6.45, 7) is 7.86. The summed E-state index contributed by atoms with van der Waals surface area (Å²) in [5.74, 6) is 0. The standard InChI is InChI=1S/C10H19N3S/c1-8-6-14-9(13-8)4-5-12-7-10(2,3)11/h6,12H,4-5,7,11H2,1-3H3. The number of rotatable bonds is 5. The lowest BCUT2D eigenvalue weighted by Gasteiger charge is -2.18. The number of aryl methyl sites for hydroxylation is 1. The van der Waals surface area contributed by atoms with E-state index in [0.29, 0.717) is 0 Å². The van der Waals surface area contributed by atoms with E-state index in [-0.39, 0.29) is 5.54 Å². The lowest BCUT2D eigenvalue weighted by Crippen LogP contribution is -2.43. The highest BCUT2D eigenvalue weighted by molar-refractivity contribution is 7.09. The summed E-state index contributed by atoms with van der Waals surface area (Å²) in [5.41, 5.74) is 6.83. The zero-order valence-corrected chi connectivity index (χ0v) is 9.95. The number of hydrogen-bond donors (Lipinski definition) is 2. The van der Waals surface area contributed by atoms with Crippen molar-refractivity contribution in [1.82, 2.24) is 10.3 Å². The molecule has 0 aliphatic heterocycles. The van der Waals surface area contributed by atoms with Gasteiger partial charge in [0.05, 0.1) is 5.01 Å². The first kappa shape index (κ1) is 11.6. The minimum atomic E-state index is -0.126. The molecular weight excluding hydrogens is 194 g/mol. The number of nitrogens with one attached hydrogen (secondary N) is 1. The van der Waals surface area contributed by atoms with E-state index in [4.69, 9.17) is 5.73 Å². The number of nitrogens with two attached hydrogens (primary N) is 1. The van der Waals surface area contributed by atoms with Gasteiger partial charge in [-0.15, -0.1) is 11.3 Å². The third-order valence-corrected chi connectivity index (χ3v) is 2.79. The molecule has 0 saturated carbocycles. The molecule has 1 heterocycles. The van der Waals surface area contributed by atoms with Crippen LogP contribution in [0.5, 0.6) is 0 Å². The summed E-state index contributed by atoms with van der Waals surface area (Å²) in [6, 6.07) is 0. The highest BCUT2D eigenvalue weighted by atomic mass is 32.1. The van der Waals surface area contributed by atoms with E-state index in [1.807, 2.05) is 20.8 Å². The van der Waals surface area contributed by atoms with Crippen LogP contribution >= 0.6 is 11.3 Å². The molecule has 0 amide bonds. The second-order valence-electron chi connectivity index (χ2n) is 4.30. The number of nitrogens with zero attached hydrogens (tertiary/aromatic N) is 1. The van der Waals surface area contributed by atoms with Gasteiger partial charge in [-0.1, -0.05) is 0 Å². The van der Waals surface area contributed by atoms with Gasteiger partial charge in [-0.25, -0.2) is 4.98 Å². The number of thiazole rings is 1. The molecule has 3 nitrogen and oxygen atoms in total. The Balaban J connectivity index is 2.16. The molecule has 0 saturated heterocycles. The van der Waals surface area contributed by atoms with E-state index in [1.165, 1.54) is 5.01 Å². The molecule has 1 aromatic rings. The summed E-state index contributed by atoms with van der Waals surface area (Å²) in [4.78, 5) is 4.39. The molecule has 0 spiro atoms. The van der Waals surface area contributed by atoms with Crippen molar-refractivity contribution in [3.8, 4) is 0 Å². The van der Waals surface area contributed by atoms with Crippen LogP contribution in [-0.4, -0.2) is 23.6 Å². The normalized spacial score (nSPS) is 12.0. The summed E-state index contributed by atoms with van der Waals surface area (Å²) < 4.78 is 0. The molecule has 0 fully saturated rings. The van der Waals surface area contributed by atoms with Crippen molar-refractivity contribution >= 4 is 11.3 Å². The first-order valence-corrected chi connectivity index (χ1v) is 5.76. The molecule has 80 valence electrons. The van der Waals surface area contributed by atoms with Gasteiger partial charge in [0.25, 0.3) is 0 Å². The predicted molar refractivity (Wildman–Crippen MR) is 61.7 cm³/mol. The smallest absolute Gasteiger partial charge is 0.0940 e. The molecule has 1 aromatic heterocycles. The van der Waals surface area contributed by atoms with Crippen LogP contribution in [0.3, 0.4) is 0 Å². The molecule has 3 N–H and O–H groups in total. The highest BCUT2D eigenvalue weighted by Gasteiger charge is 2.08. The average Bonchev–Trinajstić information content (AvgIpc) is 2.44. The quantitative estimate of drug-likeness (QED) is 0.725. The van der Waals surface area contributed by atoms with Crippen LogP contribution in [0.4, 0.5) is 0 Å². The minimum absolute atomic E-state index is 0.126. The molecule has 0 aliphatic carbocycles. The zero-order valence-electron chi connectivity index (χ0n) is 9.13. The lowest BCUT2D eigenvalue weighted by atomic mass is 10.1. The monoisotopic (exact) mass is 213 g/mol. The molecular formula is C10H19N3S. The lowest BCUT2D eigenvalue weighted by molar-refractivity contribution is 0.469. The van der Waals surface area contributed by atoms with Crippen molar-refractivity contribution in [2.24, 2.45) is 5.73 Å². The van der Waals surface area contributed by atoms with E-state index in [2.05, 4.69) is 15.7 Å². The van der Waals surface area contributed by atoms with Crippen LogP contribution in [-0.2, 0) is 6.42 Å². The Kier molecular flexibility index (Phi) is 4.04. The average molecular weight is 213 g/mol. The van der Waals surface area contributed by atoms with Crippen LogP contribution in [0.15, 0.2) is 5.38 Å². The van der Waals surface area contributed by atoms with Crippen molar-refractivity contribution in [2.75, 3.05) is 13.1 Å². The summed E-state index contributed by atoms with van der Waals surface area (Å²) in [7, 11) is 0. The van der Waals surface area contributed by atoms with Crippen molar-refractivity contribution in [3.63, 3.8) is 0 Å². The van der Waals surface area contributed by atoms with Gasteiger partial charge in [0.2, 0.25) is 0 Å². The summed E-state index contributed by atoms with van der Waals surface area (Å²) in [5, 5.41) is 6.61. The maximum Gasteiger partial charge on any atom is 0.0940 e. The maximum atomic E-state index is 5.84.